The molecule has 0 aliphatic rings. The van der Waals surface area contributed by atoms with E-state index < -0.39 is 0 Å². The molecule has 2 aromatic heterocycles. The fourth-order valence-corrected chi connectivity index (χ4v) is 1.25. The number of aromatic nitrogens is 2. The Morgan fingerprint density at radius 1 is 1.61 bits per heavy atom. The molecule has 0 bridgehead atoms. The lowest BCUT2D eigenvalue weighted by molar-refractivity contribution is 0.0950. The molecule has 18 heavy (non-hydrogen) atoms. The van der Waals surface area contributed by atoms with E-state index in [4.69, 9.17) is 4.42 Å². The molecule has 0 aromatic carbocycles. The van der Waals surface area contributed by atoms with E-state index in [9.17, 15) is 4.79 Å². The van der Waals surface area contributed by atoms with Crippen LogP contribution >= 0.6 is 0 Å². The largest absolute Gasteiger partial charge is 0.465 e. The van der Waals surface area contributed by atoms with E-state index in [1.54, 1.807) is 30.5 Å². The van der Waals surface area contributed by atoms with Gasteiger partial charge in [-0.1, -0.05) is 0 Å². The number of rotatable bonds is 4. The molecule has 92 valence electrons. The van der Waals surface area contributed by atoms with E-state index in [2.05, 4.69) is 20.7 Å². The topological polar surface area (TPSA) is 83.3 Å². The zero-order chi connectivity index (χ0) is 12.8. The van der Waals surface area contributed by atoms with Gasteiger partial charge in [0.15, 0.2) is 5.69 Å². The molecule has 0 aliphatic carbocycles. The summed E-state index contributed by atoms with van der Waals surface area (Å²) in [5.74, 6) is 0.359. The Bertz CT molecular complexity index is 567. The predicted octanol–water partition coefficient (Wildman–Crippen LogP) is 1.74. The highest BCUT2D eigenvalue weighted by molar-refractivity contribution is 5.92. The highest BCUT2D eigenvalue weighted by Gasteiger charge is 2.06. The van der Waals surface area contributed by atoms with E-state index in [0.717, 1.165) is 11.5 Å². The summed E-state index contributed by atoms with van der Waals surface area (Å²) in [5, 5.41) is 10.2. The zero-order valence-corrected chi connectivity index (χ0v) is 9.75. The average molecular weight is 244 g/mol. The molecule has 0 unspecified atom stereocenters. The molecule has 2 heterocycles. The Morgan fingerprint density at radius 2 is 2.50 bits per heavy atom. The molecule has 0 atom stereocenters. The first-order valence-electron chi connectivity index (χ1n) is 5.31. The van der Waals surface area contributed by atoms with Crippen molar-refractivity contribution in [1.82, 2.24) is 15.6 Å². The number of furan rings is 1. The second-order valence-corrected chi connectivity index (χ2v) is 3.53. The molecule has 0 saturated carbocycles. The van der Waals surface area contributed by atoms with Gasteiger partial charge in [0.05, 0.1) is 6.26 Å². The predicted molar refractivity (Wildman–Crippen MR) is 67.0 cm³/mol. The van der Waals surface area contributed by atoms with Gasteiger partial charge in [-0.2, -0.15) is 10.2 Å². The summed E-state index contributed by atoms with van der Waals surface area (Å²) < 4.78 is 5.08. The van der Waals surface area contributed by atoms with Crippen LogP contribution in [0.1, 0.15) is 21.9 Å². The summed E-state index contributed by atoms with van der Waals surface area (Å²) in [4.78, 5) is 11.5. The Kier molecular flexibility index (Phi) is 3.70. The van der Waals surface area contributed by atoms with Crippen molar-refractivity contribution in [2.24, 2.45) is 5.10 Å². The maximum Gasteiger partial charge on any atom is 0.291 e. The van der Waals surface area contributed by atoms with Crippen LogP contribution in [0.25, 0.3) is 6.08 Å². The van der Waals surface area contributed by atoms with Crippen LogP contribution in [0.4, 0.5) is 0 Å². The van der Waals surface area contributed by atoms with Crippen molar-refractivity contribution in [3.8, 4) is 0 Å². The van der Waals surface area contributed by atoms with E-state index in [0.29, 0.717) is 5.69 Å². The number of aromatic amines is 1. The van der Waals surface area contributed by atoms with Gasteiger partial charge in [-0.3, -0.25) is 9.89 Å². The number of hydrazone groups is 1. The van der Waals surface area contributed by atoms with Crippen LogP contribution in [-0.2, 0) is 0 Å². The standard InChI is InChI=1S/C12H12N4O2/c1-9-8-11(15-14-9)12(17)16-13-6-2-4-10-5-3-7-18-10/h2-8H,1H3,(H,14,15)(H,16,17)/b4-2+,13-6?. The number of nitrogens with zero attached hydrogens (tertiary/aromatic N) is 2. The number of aryl methyl sites for hydroxylation is 1. The lowest BCUT2D eigenvalue weighted by atomic mass is 10.4. The van der Waals surface area contributed by atoms with Crippen molar-refractivity contribution in [1.29, 1.82) is 0 Å². The molecule has 0 aliphatic heterocycles. The van der Waals surface area contributed by atoms with Gasteiger partial charge in [0.25, 0.3) is 5.91 Å². The molecule has 0 spiro atoms. The normalized spacial score (nSPS) is 11.4. The van der Waals surface area contributed by atoms with E-state index in [1.165, 1.54) is 6.21 Å². The maximum atomic E-state index is 11.5. The fourth-order valence-electron chi connectivity index (χ4n) is 1.25. The molecule has 2 aromatic rings. The van der Waals surface area contributed by atoms with Gasteiger partial charge < -0.3 is 4.42 Å². The number of allylic oxidation sites excluding steroid dienone is 1. The lowest BCUT2D eigenvalue weighted by Gasteiger charge is -1.92. The summed E-state index contributed by atoms with van der Waals surface area (Å²) in [5.41, 5.74) is 3.48. The third-order valence-corrected chi connectivity index (χ3v) is 2.07. The molecule has 0 fully saturated rings. The van der Waals surface area contributed by atoms with Crippen molar-refractivity contribution in [2.75, 3.05) is 0 Å². The minimum absolute atomic E-state index is 0.305. The van der Waals surface area contributed by atoms with Crippen LogP contribution in [0.15, 0.2) is 40.1 Å². The number of H-pyrrole nitrogens is 1. The highest BCUT2D eigenvalue weighted by Crippen LogP contribution is 2.01. The van der Waals surface area contributed by atoms with Gasteiger partial charge in [-0.15, -0.1) is 0 Å². The quantitative estimate of drug-likeness (QED) is 0.634. The van der Waals surface area contributed by atoms with Crippen LogP contribution in [0.5, 0.6) is 0 Å². The van der Waals surface area contributed by atoms with Gasteiger partial charge >= 0.3 is 0 Å². The highest BCUT2D eigenvalue weighted by atomic mass is 16.3. The van der Waals surface area contributed by atoms with Crippen LogP contribution in [0.3, 0.4) is 0 Å². The number of carbonyl (C=O) groups is 1. The summed E-state index contributed by atoms with van der Waals surface area (Å²) in [6.45, 7) is 1.82. The lowest BCUT2D eigenvalue weighted by Crippen LogP contribution is -2.17. The Morgan fingerprint density at radius 3 is 3.17 bits per heavy atom. The molecule has 2 N–H and O–H groups in total. The first-order valence-corrected chi connectivity index (χ1v) is 5.31. The number of hydrogen-bond donors (Lipinski definition) is 2. The number of amides is 1. The molecule has 0 radical (unpaired) electrons. The van der Waals surface area contributed by atoms with E-state index in [1.807, 2.05) is 13.0 Å². The van der Waals surface area contributed by atoms with Crippen molar-refractivity contribution in [3.05, 3.63) is 47.7 Å². The van der Waals surface area contributed by atoms with Gasteiger partial charge in [-0.25, -0.2) is 5.43 Å². The van der Waals surface area contributed by atoms with Gasteiger partial charge in [0, 0.05) is 11.9 Å². The smallest absolute Gasteiger partial charge is 0.291 e. The molecule has 2 rings (SSSR count). The van der Waals surface area contributed by atoms with Crippen LogP contribution in [-0.4, -0.2) is 22.3 Å². The Labute approximate surface area is 103 Å². The Balaban J connectivity index is 1.83. The monoisotopic (exact) mass is 244 g/mol. The average Bonchev–Trinajstić information content (AvgIpc) is 2.99. The van der Waals surface area contributed by atoms with Crippen LogP contribution in [0.2, 0.25) is 0 Å². The van der Waals surface area contributed by atoms with Gasteiger partial charge in [0.1, 0.15) is 5.76 Å². The zero-order valence-electron chi connectivity index (χ0n) is 9.75. The minimum atomic E-state index is -0.359. The van der Waals surface area contributed by atoms with E-state index >= 15 is 0 Å². The molecular weight excluding hydrogens is 232 g/mol. The summed E-state index contributed by atoms with van der Waals surface area (Å²) in [6.07, 6.45) is 6.43. The van der Waals surface area contributed by atoms with Crippen LogP contribution < -0.4 is 5.43 Å². The molecule has 6 heteroatoms. The van der Waals surface area contributed by atoms with Crippen LogP contribution in [0, 0.1) is 6.92 Å². The van der Waals surface area contributed by atoms with Gasteiger partial charge in [0.2, 0.25) is 0 Å². The van der Waals surface area contributed by atoms with Gasteiger partial charge in [-0.05, 0) is 37.3 Å². The third-order valence-electron chi connectivity index (χ3n) is 2.07. The summed E-state index contributed by atoms with van der Waals surface area (Å²) in [6, 6.07) is 5.25. The van der Waals surface area contributed by atoms with Crippen molar-refractivity contribution in [3.63, 3.8) is 0 Å². The molecular formula is C12H12N4O2. The Hall–Kier alpha value is -2.63. The first kappa shape index (κ1) is 11.8. The number of carbonyl (C=O) groups excluding carboxylic acids is 1. The molecule has 1 amide bonds. The molecule has 6 nitrogen and oxygen atoms in total. The summed E-state index contributed by atoms with van der Waals surface area (Å²) in [7, 11) is 0. The summed E-state index contributed by atoms with van der Waals surface area (Å²) >= 11 is 0. The number of hydrogen-bond acceptors (Lipinski definition) is 4. The minimum Gasteiger partial charge on any atom is -0.465 e. The van der Waals surface area contributed by atoms with Crippen molar-refractivity contribution in [2.45, 2.75) is 6.92 Å². The SMILES string of the molecule is Cc1cc(C(=O)NN=C/C=C/c2ccco2)n[nH]1. The second kappa shape index (κ2) is 5.62. The van der Waals surface area contributed by atoms with Crippen molar-refractivity contribution >= 4 is 18.2 Å². The first-order chi connectivity index (χ1) is 8.75. The van der Waals surface area contributed by atoms with E-state index in [-0.39, 0.29) is 5.91 Å². The fraction of sp³-hybridized carbons (Fsp3) is 0.0833. The maximum absolute atomic E-state index is 11.5. The third kappa shape index (κ3) is 3.18. The van der Waals surface area contributed by atoms with Crippen molar-refractivity contribution < 1.29 is 9.21 Å². The molecule has 0 saturated heterocycles. The second-order valence-electron chi connectivity index (χ2n) is 3.53. The number of nitrogens with one attached hydrogen (secondary N) is 2.